The van der Waals surface area contributed by atoms with Crippen LogP contribution in [-0.4, -0.2) is 13.2 Å². The van der Waals surface area contributed by atoms with Gasteiger partial charge >= 0.3 is 0 Å². The van der Waals surface area contributed by atoms with Crippen LogP contribution in [0.4, 0.5) is 0 Å². The van der Waals surface area contributed by atoms with Gasteiger partial charge in [-0.05, 0) is 18.1 Å². The standard InChI is InChI=1S/C11H10ClNO/c12-10-4-2-1-3-9(10)11(7-13)5-6-14-8-11/h1-4H,5-6,8H2/t11-/m1/s1. The fourth-order valence-electron chi connectivity index (χ4n) is 1.78. The van der Waals surface area contributed by atoms with Crippen molar-refractivity contribution in [2.24, 2.45) is 0 Å². The van der Waals surface area contributed by atoms with Crippen LogP contribution in [-0.2, 0) is 10.2 Å². The molecule has 0 aromatic heterocycles. The molecule has 1 aromatic carbocycles. The highest BCUT2D eigenvalue weighted by Gasteiger charge is 2.38. The molecule has 0 unspecified atom stereocenters. The number of hydrogen-bond acceptors (Lipinski definition) is 2. The second kappa shape index (κ2) is 3.61. The maximum atomic E-state index is 9.21. The van der Waals surface area contributed by atoms with Crippen LogP contribution in [0.1, 0.15) is 12.0 Å². The molecule has 1 atom stereocenters. The molecule has 1 saturated heterocycles. The van der Waals surface area contributed by atoms with Crippen molar-refractivity contribution in [1.29, 1.82) is 5.26 Å². The summed E-state index contributed by atoms with van der Waals surface area (Å²) in [5, 5.41) is 9.86. The summed E-state index contributed by atoms with van der Waals surface area (Å²) in [5.74, 6) is 0. The number of ether oxygens (including phenoxy) is 1. The highest BCUT2D eigenvalue weighted by Crippen LogP contribution is 2.36. The van der Waals surface area contributed by atoms with Gasteiger partial charge in [-0.15, -0.1) is 0 Å². The van der Waals surface area contributed by atoms with Gasteiger partial charge in [-0.3, -0.25) is 0 Å². The van der Waals surface area contributed by atoms with E-state index in [4.69, 9.17) is 16.3 Å². The van der Waals surface area contributed by atoms with Gasteiger partial charge in [0.15, 0.2) is 0 Å². The number of rotatable bonds is 1. The molecule has 0 N–H and O–H groups in total. The highest BCUT2D eigenvalue weighted by molar-refractivity contribution is 6.31. The highest BCUT2D eigenvalue weighted by atomic mass is 35.5. The quantitative estimate of drug-likeness (QED) is 0.709. The van der Waals surface area contributed by atoms with Crippen LogP contribution < -0.4 is 0 Å². The molecule has 14 heavy (non-hydrogen) atoms. The molecule has 3 heteroatoms. The Labute approximate surface area is 88.1 Å². The Morgan fingerprint density at radius 3 is 2.79 bits per heavy atom. The molecule has 0 amide bonds. The minimum absolute atomic E-state index is 0.452. The summed E-state index contributed by atoms with van der Waals surface area (Å²) in [6.45, 7) is 1.09. The smallest absolute Gasteiger partial charge is 0.109 e. The van der Waals surface area contributed by atoms with Gasteiger partial charge in [0.25, 0.3) is 0 Å². The lowest BCUT2D eigenvalue weighted by atomic mass is 9.81. The topological polar surface area (TPSA) is 33.0 Å². The maximum Gasteiger partial charge on any atom is 0.109 e. The van der Waals surface area contributed by atoms with Crippen molar-refractivity contribution in [2.75, 3.05) is 13.2 Å². The fourth-order valence-corrected chi connectivity index (χ4v) is 2.09. The summed E-state index contributed by atoms with van der Waals surface area (Å²) in [7, 11) is 0. The van der Waals surface area contributed by atoms with Crippen molar-refractivity contribution in [1.82, 2.24) is 0 Å². The first-order valence-electron chi connectivity index (χ1n) is 4.52. The molecular formula is C11H10ClNO. The molecule has 0 bridgehead atoms. The number of nitrogens with zero attached hydrogens (tertiary/aromatic N) is 1. The molecule has 1 heterocycles. The van der Waals surface area contributed by atoms with E-state index < -0.39 is 5.41 Å². The van der Waals surface area contributed by atoms with Crippen LogP contribution in [0.25, 0.3) is 0 Å². The Morgan fingerprint density at radius 2 is 2.21 bits per heavy atom. The molecular weight excluding hydrogens is 198 g/mol. The van der Waals surface area contributed by atoms with Gasteiger partial charge in [-0.1, -0.05) is 29.8 Å². The summed E-state index contributed by atoms with van der Waals surface area (Å²) in [6.07, 6.45) is 0.729. The minimum atomic E-state index is -0.529. The van der Waals surface area contributed by atoms with Crippen LogP contribution in [0, 0.1) is 11.3 Å². The van der Waals surface area contributed by atoms with Gasteiger partial charge in [0.1, 0.15) is 5.41 Å². The summed E-state index contributed by atoms with van der Waals surface area (Å²) in [5.41, 5.74) is 0.361. The Bertz CT molecular complexity index is 377. The molecule has 0 aliphatic carbocycles. The van der Waals surface area contributed by atoms with Gasteiger partial charge < -0.3 is 4.74 Å². The number of halogens is 1. The first-order valence-corrected chi connectivity index (χ1v) is 4.90. The van der Waals surface area contributed by atoms with E-state index in [1.165, 1.54) is 0 Å². The van der Waals surface area contributed by atoms with E-state index in [9.17, 15) is 5.26 Å². The van der Waals surface area contributed by atoms with Gasteiger partial charge in [-0.2, -0.15) is 5.26 Å². The molecule has 1 fully saturated rings. The van der Waals surface area contributed by atoms with Gasteiger partial charge in [0.2, 0.25) is 0 Å². The molecule has 1 aliphatic rings. The maximum absolute atomic E-state index is 9.21. The third-order valence-electron chi connectivity index (χ3n) is 2.63. The molecule has 0 radical (unpaired) electrons. The molecule has 72 valence electrons. The Balaban J connectivity index is 2.47. The van der Waals surface area contributed by atoms with Crippen molar-refractivity contribution in [2.45, 2.75) is 11.8 Å². The van der Waals surface area contributed by atoms with Crippen LogP contribution in [0.15, 0.2) is 24.3 Å². The van der Waals surface area contributed by atoms with Crippen molar-refractivity contribution in [3.05, 3.63) is 34.9 Å². The van der Waals surface area contributed by atoms with Crippen LogP contribution >= 0.6 is 11.6 Å². The SMILES string of the molecule is N#C[C@]1(c2ccccc2Cl)CCOC1. The molecule has 0 saturated carbocycles. The molecule has 2 rings (SSSR count). The summed E-state index contributed by atoms with van der Waals surface area (Å²) in [6, 6.07) is 9.81. The van der Waals surface area contributed by atoms with E-state index in [0.717, 1.165) is 12.0 Å². The monoisotopic (exact) mass is 207 g/mol. The van der Waals surface area contributed by atoms with E-state index in [2.05, 4.69) is 6.07 Å². The van der Waals surface area contributed by atoms with E-state index in [1.807, 2.05) is 24.3 Å². The fraction of sp³-hybridized carbons (Fsp3) is 0.364. The van der Waals surface area contributed by atoms with E-state index in [1.54, 1.807) is 0 Å². The second-order valence-corrected chi connectivity index (χ2v) is 3.88. The Hall–Kier alpha value is -1.04. The first kappa shape index (κ1) is 9.51. The zero-order valence-electron chi connectivity index (χ0n) is 7.66. The number of hydrogen-bond donors (Lipinski definition) is 0. The second-order valence-electron chi connectivity index (χ2n) is 3.48. The van der Waals surface area contributed by atoms with Gasteiger partial charge in [-0.25, -0.2) is 0 Å². The molecule has 2 nitrogen and oxygen atoms in total. The van der Waals surface area contributed by atoms with Crippen LogP contribution in [0.3, 0.4) is 0 Å². The average Bonchev–Trinajstić information content (AvgIpc) is 2.68. The normalized spacial score (nSPS) is 26.0. The van der Waals surface area contributed by atoms with E-state index in [-0.39, 0.29) is 0 Å². The predicted octanol–water partition coefficient (Wildman–Crippen LogP) is 2.52. The summed E-state index contributed by atoms with van der Waals surface area (Å²) >= 11 is 6.07. The lowest BCUT2D eigenvalue weighted by Crippen LogP contribution is -2.24. The zero-order chi connectivity index (χ0) is 10.0. The Morgan fingerprint density at radius 1 is 1.43 bits per heavy atom. The van der Waals surface area contributed by atoms with Gasteiger partial charge in [0.05, 0.1) is 12.7 Å². The Kier molecular flexibility index (Phi) is 2.45. The van der Waals surface area contributed by atoms with E-state index >= 15 is 0 Å². The van der Waals surface area contributed by atoms with Crippen molar-refractivity contribution in [3.63, 3.8) is 0 Å². The first-order chi connectivity index (χ1) is 6.78. The minimum Gasteiger partial charge on any atom is -0.379 e. The number of benzene rings is 1. The number of nitriles is 1. The lowest BCUT2D eigenvalue weighted by Gasteiger charge is -2.19. The third kappa shape index (κ3) is 1.39. The largest absolute Gasteiger partial charge is 0.379 e. The van der Waals surface area contributed by atoms with Gasteiger partial charge in [0, 0.05) is 11.6 Å². The van der Waals surface area contributed by atoms with Crippen molar-refractivity contribution in [3.8, 4) is 6.07 Å². The summed E-state index contributed by atoms with van der Waals surface area (Å²) < 4.78 is 5.28. The van der Waals surface area contributed by atoms with Crippen LogP contribution in [0.2, 0.25) is 5.02 Å². The zero-order valence-corrected chi connectivity index (χ0v) is 8.42. The van der Waals surface area contributed by atoms with Crippen LogP contribution in [0.5, 0.6) is 0 Å². The molecule has 1 aromatic rings. The van der Waals surface area contributed by atoms with Crippen molar-refractivity contribution >= 4 is 11.6 Å². The summed E-state index contributed by atoms with van der Waals surface area (Å²) in [4.78, 5) is 0. The van der Waals surface area contributed by atoms with Crippen molar-refractivity contribution < 1.29 is 4.74 Å². The third-order valence-corrected chi connectivity index (χ3v) is 2.95. The van der Waals surface area contributed by atoms with E-state index in [0.29, 0.717) is 18.2 Å². The molecule has 1 aliphatic heterocycles. The lowest BCUT2D eigenvalue weighted by molar-refractivity contribution is 0.186. The average molecular weight is 208 g/mol. The molecule has 0 spiro atoms. The predicted molar refractivity (Wildman–Crippen MR) is 54.2 cm³/mol.